The van der Waals surface area contributed by atoms with Gasteiger partial charge in [-0.2, -0.15) is 0 Å². The van der Waals surface area contributed by atoms with E-state index >= 15 is 0 Å². The Bertz CT molecular complexity index is 340. The van der Waals surface area contributed by atoms with Crippen LogP contribution in [-0.2, 0) is 4.79 Å². The number of carbonyl (C=O) groups is 1. The molecule has 1 rings (SSSR count). The molecule has 0 saturated heterocycles. The molecule has 2 atom stereocenters. The second-order valence-corrected chi connectivity index (χ2v) is 5.05. The van der Waals surface area contributed by atoms with Crippen LogP contribution in [0.4, 0.5) is 0 Å². The van der Waals surface area contributed by atoms with Gasteiger partial charge in [0.15, 0.2) is 0 Å². The molecule has 0 fully saturated rings. The molecule has 16 heavy (non-hydrogen) atoms. The SMILES string of the molecule is CCCC(C)(NC(C)c1nccs1)C(=O)O. The number of nitrogens with one attached hydrogen (secondary N) is 1. The van der Waals surface area contributed by atoms with Crippen LogP contribution in [0.2, 0.25) is 0 Å². The standard InChI is InChI=1S/C11H18N2O2S/c1-4-5-11(3,10(14)15)13-8(2)9-12-6-7-16-9/h6-8,13H,4-5H2,1-3H3,(H,14,15). The van der Waals surface area contributed by atoms with Crippen molar-refractivity contribution in [2.45, 2.75) is 45.2 Å². The van der Waals surface area contributed by atoms with E-state index in [1.54, 1.807) is 13.1 Å². The third-order valence-electron chi connectivity index (χ3n) is 2.58. The minimum Gasteiger partial charge on any atom is -0.480 e. The van der Waals surface area contributed by atoms with Crippen LogP contribution >= 0.6 is 11.3 Å². The first-order chi connectivity index (χ1) is 7.49. The summed E-state index contributed by atoms with van der Waals surface area (Å²) >= 11 is 1.53. The van der Waals surface area contributed by atoms with E-state index in [9.17, 15) is 9.90 Å². The Morgan fingerprint density at radius 1 is 1.75 bits per heavy atom. The highest BCUT2D eigenvalue weighted by molar-refractivity contribution is 7.09. The predicted octanol–water partition coefficient (Wildman–Crippen LogP) is 2.44. The Labute approximate surface area is 99.7 Å². The van der Waals surface area contributed by atoms with Crippen LogP contribution < -0.4 is 5.32 Å². The summed E-state index contributed by atoms with van der Waals surface area (Å²) in [4.78, 5) is 15.4. The second kappa shape index (κ2) is 5.41. The van der Waals surface area contributed by atoms with Gasteiger partial charge in [-0.05, 0) is 20.3 Å². The zero-order chi connectivity index (χ0) is 12.2. The van der Waals surface area contributed by atoms with Crippen LogP contribution in [0.25, 0.3) is 0 Å². The Morgan fingerprint density at radius 2 is 2.44 bits per heavy atom. The molecular weight excluding hydrogens is 224 g/mol. The van der Waals surface area contributed by atoms with Gasteiger partial charge in [-0.25, -0.2) is 4.98 Å². The van der Waals surface area contributed by atoms with Crippen molar-refractivity contribution in [1.29, 1.82) is 0 Å². The Hall–Kier alpha value is -0.940. The molecular formula is C11H18N2O2S. The van der Waals surface area contributed by atoms with Gasteiger partial charge in [-0.15, -0.1) is 11.3 Å². The summed E-state index contributed by atoms with van der Waals surface area (Å²) in [5.74, 6) is -0.808. The number of rotatable bonds is 6. The first kappa shape index (κ1) is 13.1. The summed E-state index contributed by atoms with van der Waals surface area (Å²) in [5.41, 5.74) is -0.875. The molecule has 0 saturated carbocycles. The zero-order valence-corrected chi connectivity index (χ0v) is 10.7. The maximum Gasteiger partial charge on any atom is 0.323 e. The molecule has 2 N–H and O–H groups in total. The number of hydrogen-bond acceptors (Lipinski definition) is 4. The third kappa shape index (κ3) is 3.02. The molecule has 0 radical (unpaired) electrons. The smallest absolute Gasteiger partial charge is 0.323 e. The lowest BCUT2D eigenvalue weighted by atomic mass is 9.95. The molecule has 5 heteroatoms. The molecule has 1 heterocycles. The minimum absolute atomic E-state index is 0.0346. The lowest BCUT2D eigenvalue weighted by molar-refractivity contribution is -0.144. The molecule has 1 aromatic heterocycles. The lowest BCUT2D eigenvalue weighted by Crippen LogP contribution is -2.50. The van der Waals surface area contributed by atoms with Crippen LogP contribution in [0.5, 0.6) is 0 Å². The van der Waals surface area contributed by atoms with Crippen LogP contribution in [0.3, 0.4) is 0 Å². The zero-order valence-electron chi connectivity index (χ0n) is 9.86. The van der Waals surface area contributed by atoms with E-state index < -0.39 is 11.5 Å². The number of aliphatic carboxylic acids is 1. The van der Waals surface area contributed by atoms with Gasteiger partial charge < -0.3 is 5.11 Å². The molecule has 2 unspecified atom stereocenters. The summed E-state index contributed by atoms with van der Waals surface area (Å²) in [6, 6.07) is -0.0346. The molecule has 0 aliphatic carbocycles. The normalized spacial score (nSPS) is 16.7. The van der Waals surface area contributed by atoms with Gasteiger partial charge >= 0.3 is 5.97 Å². The van der Waals surface area contributed by atoms with Gasteiger partial charge in [-0.1, -0.05) is 13.3 Å². The molecule has 0 aromatic carbocycles. The van der Waals surface area contributed by atoms with E-state index in [0.29, 0.717) is 6.42 Å². The molecule has 0 amide bonds. The maximum atomic E-state index is 11.2. The average Bonchev–Trinajstić information content (AvgIpc) is 2.70. The van der Waals surface area contributed by atoms with Crippen molar-refractivity contribution in [2.24, 2.45) is 0 Å². The summed E-state index contributed by atoms with van der Waals surface area (Å²) in [5, 5.41) is 15.2. The summed E-state index contributed by atoms with van der Waals surface area (Å²) in [6.07, 6.45) is 3.18. The fourth-order valence-electron chi connectivity index (χ4n) is 1.73. The Balaban J connectivity index is 2.72. The number of hydrogen-bond donors (Lipinski definition) is 2. The van der Waals surface area contributed by atoms with E-state index in [4.69, 9.17) is 0 Å². The number of carboxylic acids is 1. The van der Waals surface area contributed by atoms with Crippen molar-refractivity contribution >= 4 is 17.3 Å². The highest BCUT2D eigenvalue weighted by atomic mass is 32.1. The third-order valence-corrected chi connectivity index (χ3v) is 3.54. The lowest BCUT2D eigenvalue weighted by Gasteiger charge is -2.28. The highest BCUT2D eigenvalue weighted by Crippen LogP contribution is 2.21. The van der Waals surface area contributed by atoms with E-state index in [1.807, 2.05) is 19.2 Å². The van der Waals surface area contributed by atoms with Crippen LogP contribution in [0.1, 0.15) is 44.7 Å². The summed E-state index contributed by atoms with van der Waals surface area (Å²) in [7, 11) is 0. The van der Waals surface area contributed by atoms with Crippen molar-refractivity contribution in [3.63, 3.8) is 0 Å². The fraction of sp³-hybridized carbons (Fsp3) is 0.636. The second-order valence-electron chi connectivity index (χ2n) is 4.12. The highest BCUT2D eigenvalue weighted by Gasteiger charge is 2.33. The van der Waals surface area contributed by atoms with Crippen LogP contribution in [-0.4, -0.2) is 21.6 Å². The van der Waals surface area contributed by atoms with Gasteiger partial charge in [0.2, 0.25) is 0 Å². The Morgan fingerprint density at radius 3 is 2.88 bits per heavy atom. The van der Waals surface area contributed by atoms with Crippen molar-refractivity contribution in [3.8, 4) is 0 Å². The topological polar surface area (TPSA) is 62.2 Å². The van der Waals surface area contributed by atoms with Crippen molar-refractivity contribution in [1.82, 2.24) is 10.3 Å². The van der Waals surface area contributed by atoms with Gasteiger partial charge in [0, 0.05) is 11.6 Å². The van der Waals surface area contributed by atoms with Crippen molar-refractivity contribution < 1.29 is 9.90 Å². The van der Waals surface area contributed by atoms with E-state index in [-0.39, 0.29) is 6.04 Å². The number of thiazole rings is 1. The maximum absolute atomic E-state index is 11.2. The van der Waals surface area contributed by atoms with Gasteiger partial charge in [-0.3, -0.25) is 10.1 Å². The fourth-order valence-corrected chi connectivity index (χ4v) is 2.37. The first-order valence-electron chi connectivity index (χ1n) is 5.40. The minimum atomic E-state index is -0.875. The van der Waals surface area contributed by atoms with Gasteiger partial charge in [0.05, 0.1) is 6.04 Å². The van der Waals surface area contributed by atoms with E-state index in [0.717, 1.165) is 11.4 Å². The summed E-state index contributed by atoms with van der Waals surface area (Å²) in [6.45, 7) is 5.65. The van der Waals surface area contributed by atoms with Crippen molar-refractivity contribution in [3.05, 3.63) is 16.6 Å². The largest absolute Gasteiger partial charge is 0.480 e. The van der Waals surface area contributed by atoms with Crippen LogP contribution in [0, 0.1) is 0 Å². The van der Waals surface area contributed by atoms with E-state index in [2.05, 4.69) is 10.3 Å². The van der Waals surface area contributed by atoms with Crippen LogP contribution in [0.15, 0.2) is 11.6 Å². The predicted molar refractivity (Wildman–Crippen MR) is 64.6 cm³/mol. The molecule has 0 aliphatic heterocycles. The molecule has 0 spiro atoms. The monoisotopic (exact) mass is 242 g/mol. The van der Waals surface area contributed by atoms with Gasteiger partial charge in [0.25, 0.3) is 0 Å². The van der Waals surface area contributed by atoms with Gasteiger partial charge in [0.1, 0.15) is 10.5 Å². The quantitative estimate of drug-likeness (QED) is 0.804. The molecule has 0 bridgehead atoms. The average molecular weight is 242 g/mol. The number of aromatic nitrogens is 1. The summed E-state index contributed by atoms with van der Waals surface area (Å²) < 4.78 is 0. The number of nitrogens with zero attached hydrogens (tertiary/aromatic N) is 1. The molecule has 0 aliphatic rings. The van der Waals surface area contributed by atoms with Crippen molar-refractivity contribution in [2.75, 3.05) is 0 Å². The molecule has 90 valence electrons. The first-order valence-corrected chi connectivity index (χ1v) is 6.28. The number of carboxylic acid groups (broad SMARTS) is 1. The molecule has 1 aromatic rings. The Kier molecular flexibility index (Phi) is 4.44. The van der Waals surface area contributed by atoms with E-state index in [1.165, 1.54) is 11.3 Å². The molecule has 4 nitrogen and oxygen atoms in total.